The van der Waals surface area contributed by atoms with E-state index in [1.54, 1.807) is 0 Å². The van der Waals surface area contributed by atoms with Gasteiger partial charge in [0.2, 0.25) is 0 Å². The first-order valence-electron chi connectivity index (χ1n) is 16.3. The molecular weight excluding hydrogens is 585 g/mol. The number of aromatic nitrogens is 2. The fourth-order valence-corrected chi connectivity index (χ4v) is 7.86. The van der Waals surface area contributed by atoms with E-state index in [0.717, 1.165) is 55.9 Å². The van der Waals surface area contributed by atoms with Crippen molar-refractivity contribution in [2.75, 3.05) is 0 Å². The Morgan fingerprint density at radius 3 is 1.73 bits per heavy atom. The van der Waals surface area contributed by atoms with Gasteiger partial charge in [-0.25, -0.2) is 9.97 Å². The van der Waals surface area contributed by atoms with Gasteiger partial charge in [-0.2, -0.15) is 0 Å². The maximum Gasteiger partial charge on any atom is 0.160 e. The van der Waals surface area contributed by atoms with E-state index in [1.807, 2.05) is 36.4 Å². The van der Waals surface area contributed by atoms with Crippen molar-refractivity contribution in [1.29, 1.82) is 0 Å². The number of fused-ring (bicyclic) bond motifs is 11. The highest BCUT2D eigenvalue weighted by Crippen LogP contribution is 2.63. The van der Waals surface area contributed by atoms with Gasteiger partial charge in [-0.05, 0) is 39.8 Å². The van der Waals surface area contributed by atoms with Gasteiger partial charge in [-0.3, -0.25) is 0 Å². The average Bonchev–Trinajstić information content (AvgIpc) is 3.46. The molecule has 3 nitrogen and oxygen atoms in total. The molecule has 0 saturated heterocycles. The van der Waals surface area contributed by atoms with Crippen LogP contribution in [0.5, 0.6) is 11.5 Å². The van der Waals surface area contributed by atoms with Gasteiger partial charge in [-0.1, -0.05) is 158 Å². The molecule has 0 radical (unpaired) electrons. The van der Waals surface area contributed by atoms with E-state index < -0.39 is 5.41 Å². The molecule has 0 fully saturated rings. The number of nitrogens with zero attached hydrogens (tertiary/aromatic N) is 2. The van der Waals surface area contributed by atoms with E-state index in [2.05, 4.69) is 133 Å². The predicted octanol–water partition coefficient (Wildman–Crippen LogP) is 11.1. The second-order valence-corrected chi connectivity index (χ2v) is 12.5. The summed E-state index contributed by atoms with van der Waals surface area (Å²) in [5.41, 5.74) is 11.6. The highest BCUT2D eigenvalue weighted by molar-refractivity contribution is 5.96. The maximum atomic E-state index is 7.06. The summed E-state index contributed by atoms with van der Waals surface area (Å²) in [6, 6.07) is 59.9. The Labute approximate surface area is 278 Å². The summed E-state index contributed by atoms with van der Waals surface area (Å²) >= 11 is 0. The molecule has 0 atom stereocenters. The normalized spacial score (nSPS) is 13.3. The van der Waals surface area contributed by atoms with Crippen molar-refractivity contribution in [3.8, 4) is 56.5 Å². The third-order valence-electron chi connectivity index (χ3n) is 9.96. The molecule has 224 valence electrons. The molecular formula is C45H28N2O. The maximum absolute atomic E-state index is 7.06. The van der Waals surface area contributed by atoms with E-state index in [0.29, 0.717) is 5.82 Å². The van der Waals surface area contributed by atoms with Crippen LogP contribution in [0.2, 0.25) is 0 Å². The standard InChI is InChI=1S/C45H28N2O/c1-3-14-30(15-4-1)40-28-41(47-44(46-40)31-16-5-2-6-17-31)32-24-25-38-42(27-32)48-43-33-18-8-7-13-29(33)23-26-39(43)45(38)36-21-11-9-19-34(36)35-20-10-12-22-37(35)45/h1-28H. The van der Waals surface area contributed by atoms with E-state index in [9.17, 15) is 0 Å². The van der Waals surface area contributed by atoms with Crippen molar-refractivity contribution in [1.82, 2.24) is 9.97 Å². The molecule has 1 aliphatic heterocycles. The van der Waals surface area contributed by atoms with Crippen LogP contribution in [-0.2, 0) is 5.41 Å². The van der Waals surface area contributed by atoms with Crippen LogP contribution in [0.25, 0.3) is 55.8 Å². The zero-order valence-corrected chi connectivity index (χ0v) is 26.0. The average molecular weight is 613 g/mol. The highest BCUT2D eigenvalue weighted by Gasteiger charge is 2.51. The molecule has 10 rings (SSSR count). The number of benzene rings is 7. The lowest BCUT2D eigenvalue weighted by atomic mass is 9.65. The number of ether oxygens (including phenoxy) is 1. The van der Waals surface area contributed by atoms with Gasteiger partial charge in [0.15, 0.2) is 5.82 Å². The van der Waals surface area contributed by atoms with Crippen LogP contribution in [0, 0.1) is 0 Å². The Kier molecular flexibility index (Phi) is 5.79. The predicted molar refractivity (Wildman–Crippen MR) is 193 cm³/mol. The van der Waals surface area contributed by atoms with Crippen molar-refractivity contribution in [3.63, 3.8) is 0 Å². The number of hydrogen-bond acceptors (Lipinski definition) is 3. The molecule has 3 heteroatoms. The zero-order valence-electron chi connectivity index (χ0n) is 26.0. The van der Waals surface area contributed by atoms with Crippen molar-refractivity contribution >= 4 is 10.8 Å². The minimum absolute atomic E-state index is 0.533. The molecule has 0 amide bonds. The molecule has 0 saturated carbocycles. The molecule has 2 heterocycles. The fraction of sp³-hybridized carbons (Fsp3) is 0.0222. The second-order valence-electron chi connectivity index (χ2n) is 12.5. The van der Waals surface area contributed by atoms with E-state index in [-0.39, 0.29) is 0 Å². The van der Waals surface area contributed by atoms with Crippen molar-refractivity contribution in [3.05, 3.63) is 192 Å². The topological polar surface area (TPSA) is 35.0 Å². The summed E-state index contributed by atoms with van der Waals surface area (Å²) in [7, 11) is 0. The summed E-state index contributed by atoms with van der Waals surface area (Å²) in [6.45, 7) is 0. The highest BCUT2D eigenvalue weighted by atomic mass is 16.5. The van der Waals surface area contributed by atoms with Gasteiger partial charge >= 0.3 is 0 Å². The first kappa shape index (κ1) is 26.9. The summed E-state index contributed by atoms with van der Waals surface area (Å²) in [5, 5.41) is 2.26. The van der Waals surface area contributed by atoms with Crippen LogP contribution >= 0.6 is 0 Å². The van der Waals surface area contributed by atoms with Crippen molar-refractivity contribution in [2.24, 2.45) is 0 Å². The molecule has 1 aliphatic carbocycles. The van der Waals surface area contributed by atoms with Crippen LogP contribution in [-0.4, -0.2) is 9.97 Å². The summed E-state index contributed by atoms with van der Waals surface area (Å²) in [5.74, 6) is 2.43. The molecule has 0 bridgehead atoms. The minimum Gasteiger partial charge on any atom is -0.456 e. The Morgan fingerprint density at radius 2 is 1.00 bits per heavy atom. The van der Waals surface area contributed by atoms with E-state index >= 15 is 0 Å². The number of rotatable bonds is 3. The monoisotopic (exact) mass is 612 g/mol. The van der Waals surface area contributed by atoms with Crippen LogP contribution in [0.3, 0.4) is 0 Å². The molecule has 0 N–H and O–H groups in total. The lowest BCUT2D eigenvalue weighted by Gasteiger charge is -2.40. The first-order chi connectivity index (χ1) is 23.8. The van der Waals surface area contributed by atoms with Crippen molar-refractivity contribution in [2.45, 2.75) is 5.41 Å². The van der Waals surface area contributed by atoms with Crippen LogP contribution in [0.1, 0.15) is 22.3 Å². The van der Waals surface area contributed by atoms with Gasteiger partial charge in [-0.15, -0.1) is 0 Å². The van der Waals surface area contributed by atoms with Crippen LogP contribution < -0.4 is 4.74 Å². The quantitative estimate of drug-likeness (QED) is 0.199. The second kappa shape index (κ2) is 10.3. The van der Waals surface area contributed by atoms with Gasteiger partial charge < -0.3 is 4.74 Å². The summed E-state index contributed by atoms with van der Waals surface area (Å²) in [6.07, 6.45) is 0. The first-order valence-corrected chi connectivity index (χ1v) is 16.3. The van der Waals surface area contributed by atoms with Gasteiger partial charge in [0.25, 0.3) is 0 Å². The molecule has 1 aromatic heterocycles. The fourth-order valence-electron chi connectivity index (χ4n) is 7.86. The lowest BCUT2D eigenvalue weighted by Crippen LogP contribution is -2.32. The van der Waals surface area contributed by atoms with E-state index in [1.165, 1.54) is 27.8 Å². The van der Waals surface area contributed by atoms with Gasteiger partial charge in [0, 0.05) is 33.2 Å². The van der Waals surface area contributed by atoms with Gasteiger partial charge in [0.1, 0.15) is 11.5 Å². The Morgan fingerprint density at radius 1 is 0.417 bits per heavy atom. The Hall–Kier alpha value is -6.32. The lowest BCUT2D eigenvalue weighted by molar-refractivity contribution is 0.442. The molecule has 48 heavy (non-hydrogen) atoms. The van der Waals surface area contributed by atoms with Crippen LogP contribution in [0.4, 0.5) is 0 Å². The Balaban J connectivity index is 1.25. The van der Waals surface area contributed by atoms with Crippen LogP contribution in [0.15, 0.2) is 170 Å². The third kappa shape index (κ3) is 3.82. The summed E-state index contributed by atoms with van der Waals surface area (Å²) < 4.78 is 7.06. The van der Waals surface area contributed by atoms with E-state index in [4.69, 9.17) is 14.7 Å². The van der Waals surface area contributed by atoms with Gasteiger partial charge in [0.05, 0.1) is 16.8 Å². The Bertz CT molecular complexity index is 2440. The molecule has 2 aliphatic rings. The molecule has 1 spiro atoms. The summed E-state index contributed by atoms with van der Waals surface area (Å²) in [4.78, 5) is 10.2. The largest absolute Gasteiger partial charge is 0.456 e. The minimum atomic E-state index is -0.533. The molecule has 7 aromatic carbocycles. The smallest absolute Gasteiger partial charge is 0.160 e. The molecule has 0 unspecified atom stereocenters. The SMILES string of the molecule is c1ccc(-c2cc(-c3ccc4c(c3)Oc3c(ccc5ccccc35)C43c4ccccc4-c4ccccc43)nc(-c3ccccc3)n2)cc1. The number of hydrogen-bond donors (Lipinski definition) is 0. The zero-order chi connectivity index (χ0) is 31.7. The third-order valence-corrected chi connectivity index (χ3v) is 9.96. The van der Waals surface area contributed by atoms with Crippen molar-refractivity contribution < 1.29 is 4.74 Å². The molecule has 8 aromatic rings.